The van der Waals surface area contributed by atoms with Crippen LogP contribution in [0.15, 0.2) is 54.6 Å². The lowest BCUT2D eigenvalue weighted by Crippen LogP contribution is -2.48. The van der Waals surface area contributed by atoms with Crippen molar-refractivity contribution < 1.29 is 17.9 Å². The highest BCUT2D eigenvalue weighted by Crippen LogP contribution is 2.34. The van der Waals surface area contributed by atoms with Crippen molar-refractivity contribution in [2.75, 3.05) is 26.5 Å². The van der Waals surface area contributed by atoms with E-state index in [1.807, 2.05) is 24.3 Å². The predicted octanol–water partition coefficient (Wildman–Crippen LogP) is 3.93. The first-order valence-electron chi connectivity index (χ1n) is 11.9. The molecule has 6 nitrogen and oxygen atoms in total. The smallest absolute Gasteiger partial charge is 0.211 e. The van der Waals surface area contributed by atoms with Gasteiger partial charge in [0.15, 0.2) is 0 Å². The largest absolute Gasteiger partial charge is 0.497 e. The molecule has 2 aromatic carbocycles. The summed E-state index contributed by atoms with van der Waals surface area (Å²) in [6.45, 7) is 1.70. The summed E-state index contributed by atoms with van der Waals surface area (Å²) in [4.78, 5) is 0. The van der Waals surface area contributed by atoms with E-state index in [1.165, 1.54) is 11.8 Å². The van der Waals surface area contributed by atoms with Gasteiger partial charge in [-0.05, 0) is 67.8 Å². The summed E-state index contributed by atoms with van der Waals surface area (Å²) in [6, 6.07) is 18.2. The number of rotatable bonds is 9. The van der Waals surface area contributed by atoms with E-state index in [1.54, 1.807) is 11.4 Å². The molecule has 1 heterocycles. The highest BCUT2D eigenvalue weighted by Gasteiger charge is 2.37. The van der Waals surface area contributed by atoms with Gasteiger partial charge in [0.05, 0.1) is 26.1 Å². The number of benzene rings is 2. The Morgan fingerprint density at radius 3 is 2.30 bits per heavy atom. The quantitative estimate of drug-likeness (QED) is 0.599. The first-order valence-corrected chi connectivity index (χ1v) is 13.8. The Balaban J connectivity index is 1.33. The maximum absolute atomic E-state index is 12.7. The van der Waals surface area contributed by atoms with Gasteiger partial charge in [-0.3, -0.25) is 0 Å². The first kappa shape index (κ1) is 24.2. The van der Waals surface area contributed by atoms with Crippen LogP contribution in [-0.2, 0) is 21.3 Å². The van der Waals surface area contributed by atoms with E-state index in [-0.39, 0.29) is 18.2 Å². The van der Waals surface area contributed by atoms with Crippen molar-refractivity contribution >= 4 is 10.0 Å². The van der Waals surface area contributed by atoms with Crippen LogP contribution in [0.2, 0.25) is 0 Å². The fourth-order valence-electron chi connectivity index (χ4n) is 5.19. The molecule has 1 saturated heterocycles. The van der Waals surface area contributed by atoms with Crippen molar-refractivity contribution in [2.24, 2.45) is 0 Å². The molecule has 0 spiro atoms. The topological polar surface area (TPSA) is 67.9 Å². The second-order valence-corrected chi connectivity index (χ2v) is 11.2. The third-order valence-electron chi connectivity index (χ3n) is 7.06. The van der Waals surface area contributed by atoms with E-state index in [9.17, 15) is 8.42 Å². The van der Waals surface area contributed by atoms with Gasteiger partial charge in [0.1, 0.15) is 5.75 Å². The molecule has 2 fully saturated rings. The molecular weight excluding hydrogens is 436 g/mol. The molecule has 1 saturated carbocycles. The van der Waals surface area contributed by atoms with Gasteiger partial charge in [0, 0.05) is 18.6 Å². The Morgan fingerprint density at radius 1 is 0.970 bits per heavy atom. The Bertz CT molecular complexity index is 973. The second-order valence-electron chi connectivity index (χ2n) is 9.29. The van der Waals surface area contributed by atoms with E-state index >= 15 is 0 Å². The fraction of sp³-hybridized carbons (Fsp3) is 0.538. The summed E-state index contributed by atoms with van der Waals surface area (Å²) < 4.78 is 38.6. The summed E-state index contributed by atoms with van der Waals surface area (Å²) in [5, 5.41) is 3.49. The summed E-state index contributed by atoms with van der Waals surface area (Å²) in [5.41, 5.74) is 2.38. The van der Waals surface area contributed by atoms with Gasteiger partial charge in [-0.15, -0.1) is 0 Å². The summed E-state index contributed by atoms with van der Waals surface area (Å²) in [7, 11) is -1.74. The minimum absolute atomic E-state index is 0.00446. The average molecular weight is 473 g/mol. The zero-order chi connectivity index (χ0) is 23.3. The minimum atomic E-state index is -3.37. The lowest BCUT2D eigenvalue weighted by atomic mass is 9.83. The number of hydrogen-bond donors (Lipinski definition) is 1. The lowest BCUT2D eigenvalue weighted by molar-refractivity contribution is 0.00803. The Kier molecular flexibility index (Phi) is 8.07. The molecule has 2 aromatic rings. The molecule has 180 valence electrons. The minimum Gasteiger partial charge on any atom is -0.497 e. The van der Waals surface area contributed by atoms with E-state index in [2.05, 4.69) is 35.6 Å². The summed E-state index contributed by atoms with van der Waals surface area (Å²) >= 11 is 0. The van der Waals surface area contributed by atoms with Crippen LogP contribution in [-0.4, -0.2) is 57.4 Å². The van der Waals surface area contributed by atoms with Crippen LogP contribution in [0.4, 0.5) is 0 Å². The van der Waals surface area contributed by atoms with Crippen LogP contribution in [0, 0.1) is 0 Å². The first-order chi connectivity index (χ1) is 15.9. The maximum Gasteiger partial charge on any atom is 0.211 e. The van der Waals surface area contributed by atoms with Gasteiger partial charge in [0.25, 0.3) is 0 Å². The Labute approximate surface area is 198 Å². The fourth-order valence-corrected chi connectivity index (χ4v) is 6.32. The van der Waals surface area contributed by atoms with E-state index in [0.29, 0.717) is 19.1 Å². The molecule has 33 heavy (non-hydrogen) atoms. The van der Waals surface area contributed by atoms with E-state index in [4.69, 9.17) is 9.47 Å². The van der Waals surface area contributed by atoms with Crippen LogP contribution in [0.3, 0.4) is 0 Å². The zero-order valence-corrected chi connectivity index (χ0v) is 20.5. The molecular formula is C26H36N2O4S. The van der Waals surface area contributed by atoms with Gasteiger partial charge < -0.3 is 14.8 Å². The normalized spacial score (nSPS) is 25.9. The van der Waals surface area contributed by atoms with Crippen LogP contribution >= 0.6 is 0 Å². The van der Waals surface area contributed by atoms with Gasteiger partial charge in [-0.25, -0.2) is 8.42 Å². The molecule has 0 amide bonds. The molecule has 0 aromatic heterocycles. The number of hydrogen-bond acceptors (Lipinski definition) is 5. The number of nitrogens with zero attached hydrogens (tertiary/aromatic N) is 1. The van der Waals surface area contributed by atoms with Crippen molar-refractivity contribution in [1.29, 1.82) is 0 Å². The molecule has 7 heteroatoms. The van der Waals surface area contributed by atoms with E-state index in [0.717, 1.165) is 50.0 Å². The number of nitrogens with one attached hydrogen (secondary N) is 1. The van der Waals surface area contributed by atoms with E-state index < -0.39 is 10.0 Å². The van der Waals surface area contributed by atoms with Crippen molar-refractivity contribution in [1.82, 2.24) is 9.62 Å². The van der Waals surface area contributed by atoms with Crippen LogP contribution < -0.4 is 10.1 Å². The highest BCUT2D eigenvalue weighted by molar-refractivity contribution is 7.88. The molecule has 4 rings (SSSR count). The van der Waals surface area contributed by atoms with Gasteiger partial charge in [-0.1, -0.05) is 42.5 Å². The molecule has 1 aliphatic heterocycles. The molecule has 2 atom stereocenters. The van der Waals surface area contributed by atoms with Crippen molar-refractivity contribution in [3.05, 3.63) is 65.7 Å². The standard InChI is InChI=1S/C26H36N2O4S/c1-31-23-12-8-20(9-13-23)18-28(33(2,29)30)26-16-17-27-25(26)19-32-24-14-10-22(11-15-24)21-6-4-3-5-7-21/h3-9,12-13,22,24-27H,10-11,14-19H2,1-2H3/t22?,24?,25-,26-/m1/s1. The average Bonchev–Trinajstić information content (AvgIpc) is 3.30. The molecule has 0 unspecified atom stereocenters. The maximum atomic E-state index is 12.7. The second kappa shape index (κ2) is 11.0. The highest BCUT2D eigenvalue weighted by atomic mass is 32.2. The number of methoxy groups -OCH3 is 1. The van der Waals surface area contributed by atoms with Gasteiger partial charge >= 0.3 is 0 Å². The molecule has 2 aliphatic rings. The van der Waals surface area contributed by atoms with Crippen molar-refractivity contribution in [2.45, 2.75) is 62.8 Å². The molecule has 0 bridgehead atoms. The SMILES string of the molecule is COc1ccc(CN([C@@H]2CCN[C@@H]2COC2CCC(c3ccccc3)CC2)S(C)(=O)=O)cc1. The zero-order valence-electron chi connectivity index (χ0n) is 19.7. The van der Waals surface area contributed by atoms with Crippen molar-refractivity contribution in [3.63, 3.8) is 0 Å². The Hall–Kier alpha value is -1.93. The number of sulfonamides is 1. The predicted molar refractivity (Wildman–Crippen MR) is 131 cm³/mol. The monoisotopic (exact) mass is 472 g/mol. The van der Waals surface area contributed by atoms with Crippen LogP contribution in [0.25, 0.3) is 0 Å². The molecule has 0 radical (unpaired) electrons. The van der Waals surface area contributed by atoms with Gasteiger partial charge in [-0.2, -0.15) is 4.31 Å². The van der Waals surface area contributed by atoms with Crippen LogP contribution in [0.5, 0.6) is 5.75 Å². The third-order valence-corrected chi connectivity index (χ3v) is 8.31. The summed E-state index contributed by atoms with van der Waals surface area (Å²) in [6.07, 6.45) is 6.74. The lowest BCUT2D eigenvalue weighted by Gasteiger charge is -2.33. The third kappa shape index (κ3) is 6.35. The van der Waals surface area contributed by atoms with Crippen molar-refractivity contribution in [3.8, 4) is 5.75 Å². The number of ether oxygens (including phenoxy) is 2. The molecule has 1 N–H and O–H groups in total. The molecule has 1 aliphatic carbocycles. The summed E-state index contributed by atoms with van der Waals surface area (Å²) in [5.74, 6) is 1.38. The van der Waals surface area contributed by atoms with Gasteiger partial charge in [0.2, 0.25) is 10.0 Å². The Morgan fingerprint density at radius 2 is 1.67 bits per heavy atom. The van der Waals surface area contributed by atoms with Crippen LogP contribution in [0.1, 0.15) is 49.1 Å².